The molecule has 2 aromatic rings. The maximum Gasteiger partial charge on any atom is 0.142 e. The van der Waals surface area contributed by atoms with E-state index in [0.29, 0.717) is 6.42 Å². The molecule has 1 atom stereocenters. The van der Waals surface area contributed by atoms with Gasteiger partial charge < -0.3 is 5.32 Å². The fourth-order valence-electron chi connectivity index (χ4n) is 2.04. The number of likely N-dealkylation sites (N-methyl/N-ethyl adjacent to an activating group) is 1. The van der Waals surface area contributed by atoms with Gasteiger partial charge in [-0.05, 0) is 54.9 Å². The normalized spacial score (nSPS) is 12.4. The van der Waals surface area contributed by atoms with Crippen LogP contribution < -0.4 is 5.32 Å². The highest BCUT2D eigenvalue weighted by Crippen LogP contribution is 2.26. The summed E-state index contributed by atoms with van der Waals surface area (Å²) in [4.78, 5) is 0. The summed E-state index contributed by atoms with van der Waals surface area (Å²) in [6.45, 7) is 0. The first-order chi connectivity index (χ1) is 9.51. The molecule has 0 aliphatic rings. The van der Waals surface area contributed by atoms with E-state index < -0.39 is 5.82 Å². The van der Waals surface area contributed by atoms with Crippen molar-refractivity contribution >= 4 is 27.5 Å². The number of hydrogen-bond acceptors (Lipinski definition) is 1. The van der Waals surface area contributed by atoms with E-state index >= 15 is 0 Å². The van der Waals surface area contributed by atoms with Crippen molar-refractivity contribution in [2.45, 2.75) is 12.5 Å². The number of hydrogen-bond donors (Lipinski definition) is 1. The molecule has 5 heteroatoms. The van der Waals surface area contributed by atoms with E-state index in [1.54, 1.807) is 19.2 Å². The van der Waals surface area contributed by atoms with Crippen LogP contribution in [0.3, 0.4) is 0 Å². The average molecular weight is 361 g/mol. The first-order valence-corrected chi connectivity index (χ1v) is 7.24. The third-order valence-corrected chi connectivity index (χ3v) is 4.21. The van der Waals surface area contributed by atoms with E-state index in [-0.39, 0.29) is 16.9 Å². The molecule has 1 N–H and O–H groups in total. The fraction of sp³-hybridized carbons (Fsp3) is 0.200. The van der Waals surface area contributed by atoms with Crippen LogP contribution in [0.1, 0.15) is 17.2 Å². The Labute approximate surface area is 130 Å². The Morgan fingerprint density at radius 3 is 2.60 bits per heavy atom. The van der Waals surface area contributed by atoms with Crippen LogP contribution >= 0.6 is 27.5 Å². The second-order valence-electron chi connectivity index (χ2n) is 4.45. The zero-order valence-electron chi connectivity index (χ0n) is 10.8. The largest absolute Gasteiger partial charge is 0.313 e. The summed E-state index contributed by atoms with van der Waals surface area (Å²) in [5, 5.41) is 3.20. The van der Waals surface area contributed by atoms with Crippen molar-refractivity contribution in [2.24, 2.45) is 0 Å². The van der Waals surface area contributed by atoms with Gasteiger partial charge in [-0.25, -0.2) is 8.78 Å². The van der Waals surface area contributed by atoms with Gasteiger partial charge in [-0.2, -0.15) is 0 Å². The zero-order chi connectivity index (χ0) is 14.7. The minimum atomic E-state index is -0.456. The molecule has 0 aliphatic heterocycles. The van der Waals surface area contributed by atoms with Crippen molar-refractivity contribution in [3.05, 3.63) is 68.7 Å². The monoisotopic (exact) mass is 359 g/mol. The Kier molecular flexibility index (Phi) is 5.13. The lowest BCUT2D eigenvalue weighted by Gasteiger charge is -2.18. The lowest BCUT2D eigenvalue weighted by molar-refractivity contribution is 0.572. The number of halogens is 4. The van der Waals surface area contributed by atoms with E-state index in [4.69, 9.17) is 11.6 Å². The molecular weight excluding hydrogens is 348 g/mol. The van der Waals surface area contributed by atoms with Crippen LogP contribution in [-0.2, 0) is 6.42 Å². The zero-order valence-corrected chi connectivity index (χ0v) is 13.1. The summed E-state index contributed by atoms with van der Waals surface area (Å²) in [7, 11) is 1.78. The van der Waals surface area contributed by atoms with E-state index in [2.05, 4.69) is 21.2 Å². The lowest BCUT2D eigenvalue weighted by atomic mass is 9.99. The molecule has 20 heavy (non-hydrogen) atoms. The molecule has 0 saturated heterocycles. The summed E-state index contributed by atoms with van der Waals surface area (Å²) in [6, 6.07) is 9.10. The van der Waals surface area contributed by atoms with Gasteiger partial charge >= 0.3 is 0 Å². The maximum absolute atomic E-state index is 13.5. The first kappa shape index (κ1) is 15.4. The van der Waals surface area contributed by atoms with Crippen LogP contribution in [0.25, 0.3) is 0 Å². The van der Waals surface area contributed by atoms with Crippen LogP contribution in [0.4, 0.5) is 8.78 Å². The minimum Gasteiger partial charge on any atom is -0.313 e. The lowest BCUT2D eigenvalue weighted by Crippen LogP contribution is -2.19. The maximum atomic E-state index is 13.5. The number of benzene rings is 2. The summed E-state index contributed by atoms with van der Waals surface area (Å²) in [6.07, 6.45) is 0.538. The molecule has 0 heterocycles. The van der Waals surface area contributed by atoms with Gasteiger partial charge in [-0.15, -0.1) is 0 Å². The standard InChI is InChI=1S/C15H13BrClF2N/c1-20-15(9-2-5-13(17)14(19)7-9)8-10-6-11(18)3-4-12(10)16/h2-7,15,20H,8H2,1H3. The summed E-state index contributed by atoms with van der Waals surface area (Å²) >= 11 is 9.08. The number of nitrogens with one attached hydrogen (secondary N) is 1. The van der Waals surface area contributed by atoms with Crippen LogP contribution in [0.5, 0.6) is 0 Å². The van der Waals surface area contributed by atoms with Crippen LogP contribution in [0, 0.1) is 11.6 Å². The summed E-state index contributed by atoms with van der Waals surface area (Å²) in [5.41, 5.74) is 1.59. The molecule has 1 nitrogen and oxygen atoms in total. The second kappa shape index (κ2) is 6.66. The average Bonchev–Trinajstić information content (AvgIpc) is 2.43. The predicted octanol–water partition coefficient (Wildman–Crippen LogP) is 4.88. The molecule has 2 rings (SSSR count). The highest BCUT2D eigenvalue weighted by molar-refractivity contribution is 9.10. The van der Waals surface area contributed by atoms with Crippen molar-refractivity contribution < 1.29 is 8.78 Å². The van der Waals surface area contributed by atoms with Gasteiger partial charge in [0.05, 0.1) is 5.02 Å². The van der Waals surface area contributed by atoms with Gasteiger partial charge in [0, 0.05) is 10.5 Å². The third kappa shape index (κ3) is 3.57. The van der Waals surface area contributed by atoms with E-state index in [1.165, 1.54) is 24.3 Å². The summed E-state index contributed by atoms with van der Waals surface area (Å²) < 4.78 is 27.7. The summed E-state index contributed by atoms with van der Waals surface area (Å²) in [5.74, 6) is -0.747. The van der Waals surface area contributed by atoms with Gasteiger partial charge in [0.1, 0.15) is 11.6 Å². The Hall–Kier alpha value is -0.970. The third-order valence-electron chi connectivity index (χ3n) is 3.13. The Balaban J connectivity index is 2.28. The topological polar surface area (TPSA) is 12.0 Å². The predicted molar refractivity (Wildman–Crippen MR) is 81.0 cm³/mol. The second-order valence-corrected chi connectivity index (χ2v) is 5.72. The van der Waals surface area contributed by atoms with Crippen molar-refractivity contribution in [2.75, 3.05) is 7.05 Å². The van der Waals surface area contributed by atoms with Gasteiger partial charge in [0.15, 0.2) is 0 Å². The quantitative estimate of drug-likeness (QED) is 0.819. The van der Waals surface area contributed by atoms with Gasteiger partial charge in [-0.1, -0.05) is 33.6 Å². The van der Waals surface area contributed by atoms with Crippen molar-refractivity contribution in [3.8, 4) is 0 Å². The molecule has 0 amide bonds. The van der Waals surface area contributed by atoms with Gasteiger partial charge in [0.25, 0.3) is 0 Å². The molecular formula is C15H13BrClF2N. The molecule has 1 unspecified atom stereocenters. The first-order valence-electron chi connectivity index (χ1n) is 6.07. The van der Waals surface area contributed by atoms with Crippen LogP contribution in [0.15, 0.2) is 40.9 Å². The van der Waals surface area contributed by atoms with Gasteiger partial charge in [-0.3, -0.25) is 0 Å². The van der Waals surface area contributed by atoms with E-state index in [1.807, 2.05) is 0 Å². The molecule has 0 bridgehead atoms. The van der Waals surface area contributed by atoms with E-state index in [9.17, 15) is 8.78 Å². The number of rotatable bonds is 4. The molecule has 0 aliphatic carbocycles. The molecule has 0 saturated carbocycles. The highest BCUT2D eigenvalue weighted by atomic mass is 79.9. The SMILES string of the molecule is CNC(Cc1cc(F)ccc1Br)c1ccc(Cl)c(F)c1. The van der Waals surface area contributed by atoms with Crippen molar-refractivity contribution in [1.82, 2.24) is 5.32 Å². The molecule has 0 fully saturated rings. The molecule has 2 aromatic carbocycles. The smallest absolute Gasteiger partial charge is 0.142 e. The van der Waals surface area contributed by atoms with Crippen molar-refractivity contribution in [1.29, 1.82) is 0 Å². The molecule has 0 radical (unpaired) electrons. The Bertz CT molecular complexity index is 619. The fourth-order valence-corrected chi connectivity index (χ4v) is 2.56. The Morgan fingerprint density at radius 1 is 1.20 bits per heavy atom. The van der Waals surface area contributed by atoms with E-state index in [0.717, 1.165) is 15.6 Å². The molecule has 0 spiro atoms. The van der Waals surface area contributed by atoms with Gasteiger partial charge in [0.2, 0.25) is 0 Å². The Morgan fingerprint density at radius 2 is 1.95 bits per heavy atom. The van der Waals surface area contributed by atoms with Crippen LogP contribution in [0.2, 0.25) is 5.02 Å². The molecule has 106 valence electrons. The van der Waals surface area contributed by atoms with Crippen molar-refractivity contribution in [3.63, 3.8) is 0 Å². The van der Waals surface area contributed by atoms with Crippen LogP contribution in [-0.4, -0.2) is 7.05 Å². The minimum absolute atomic E-state index is 0.0931. The highest BCUT2D eigenvalue weighted by Gasteiger charge is 2.14. The molecule has 0 aromatic heterocycles.